The third kappa shape index (κ3) is 1.44. The van der Waals surface area contributed by atoms with E-state index in [-0.39, 0.29) is 5.41 Å². The zero-order chi connectivity index (χ0) is 11.2. The van der Waals surface area contributed by atoms with Crippen molar-refractivity contribution in [3.05, 3.63) is 29.3 Å². The van der Waals surface area contributed by atoms with Gasteiger partial charge < -0.3 is 10.5 Å². The summed E-state index contributed by atoms with van der Waals surface area (Å²) in [6, 6.07) is 6.94. The average molecular weight is 217 g/mol. The van der Waals surface area contributed by atoms with E-state index in [0.29, 0.717) is 6.04 Å². The molecule has 16 heavy (non-hydrogen) atoms. The summed E-state index contributed by atoms with van der Waals surface area (Å²) in [5.74, 6) is 1.15. The molecule has 3 rings (SSSR count). The van der Waals surface area contributed by atoms with Crippen LogP contribution in [0.15, 0.2) is 18.2 Å². The third-order valence-electron chi connectivity index (χ3n) is 4.14. The van der Waals surface area contributed by atoms with Crippen molar-refractivity contribution in [1.29, 1.82) is 0 Å². The van der Waals surface area contributed by atoms with Crippen LogP contribution in [0.5, 0.6) is 5.75 Å². The highest BCUT2D eigenvalue weighted by atomic mass is 16.5. The van der Waals surface area contributed by atoms with Gasteiger partial charge in [0, 0.05) is 18.0 Å². The molecule has 0 saturated heterocycles. The van der Waals surface area contributed by atoms with Crippen molar-refractivity contribution in [2.24, 2.45) is 5.73 Å². The Labute approximate surface area is 96.8 Å². The fraction of sp³-hybridized carbons (Fsp3) is 0.571. The molecule has 2 heteroatoms. The van der Waals surface area contributed by atoms with Crippen molar-refractivity contribution in [3.8, 4) is 5.75 Å². The van der Waals surface area contributed by atoms with Crippen LogP contribution in [0.3, 0.4) is 0 Å². The van der Waals surface area contributed by atoms with Crippen molar-refractivity contribution in [2.75, 3.05) is 6.61 Å². The number of hydrogen-bond donors (Lipinski definition) is 1. The van der Waals surface area contributed by atoms with Crippen molar-refractivity contribution >= 4 is 0 Å². The number of benzene rings is 1. The molecule has 0 radical (unpaired) electrons. The molecule has 1 heterocycles. The lowest BCUT2D eigenvalue weighted by molar-refractivity contribution is 0.341. The van der Waals surface area contributed by atoms with Gasteiger partial charge in [0.15, 0.2) is 0 Å². The first-order valence-electron chi connectivity index (χ1n) is 6.20. The van der Waals surface area contributed by atoms with Gasteiger partial charge in [-0.25, -0.2) is 0 Å². The number of fused-ring (bicyclic) bond motifs is 1. The second-order valence-electron chi connectivity index (χ2n) is 5.46. The highest BCUT2D eigenvalue weighted by Crippen LogP contribution is 2.46. The number of hydrogen-bond acceptors (Lipinski definition) is 2. The van der Waals surface area contributed by atoms with Crippen LogP contribution in [0, 0.1) is 0 Å². The van der Waals surface area contributed by atoms with Crippen LogP contribution in [0.2, 0.25) is 0 Å². The van der Waals surface area contributed by atoms with E-state index in [2.05, 4.69) is 25.1 Å². The molecule has 1 aromatic carbocycles. The summed E-state index contributed by atoms with van der Waals surface area (Å²) in [6.07, 6.45) is 4.48. The van der Waals surface area contributed by atoms with Crippen LogP contribution >= 0.6 is 0 Å². The van der Waals surface area contributed by atoms with E-state index in [9.17, 15) is 0 Å². The molecule has 0 spiro atoms. The van der Waals surface area contributed by atoms with Crippen LogP contribution in [0.25, 0.3) is 0 Å². The average Bonchev–Trinajstić information content (AvgIpc) is 2.85. The fourth-order valence-corrected chi connectivity index (χ4v) is 3.22. The smallest absolute Gasteiger partial charge is 0.126 e. The molecule has 0 aromatic heterocycles. The maximum atomic E-state index is 6.05. The molecule has 0 bridgehead atoms. The molecule has 2 atom stereocenters. The molecule has 1 saturated carbocycles. The summed E-state index contributed by atoms with van der Waals surface area (Å²) in [7, 11) is 0. The van der Waals surface area contributed by atoms with Crippen molar-refractivity contribution in [3.63, 3.8) is 0 Å². The van der Waals surface area contributed by atoms with Gasteiger partial charge in [0.1, 0.15) is 5.75 Å². The van der Waals surface area contributed by atoms with Crippen molar-refractivity contribution in [2.45, 2.75) is 44.1 Å². The third-order valence-corrected chi connectivity index (χ3v) is 4.14. The molecule has 1 fully saturated rings. The SMILES string of the molecule is CC1(c2cccc3c2OCC3)CCC(N)C1. The monoisotopic (exact) mass is 217 g/mol. The number of ether oxygens (including phenoxy) is 1. The molecule has 1 aliphatic heterocycles. The Hall–Kier alpha value is -1.02. The Bertz CT molecular complexity index is 415. The maximum absolute atomic E-state index is 6.05. The largest absolute Gasteiger partial charge is 0.493 e. The van der Waals surface area contributed by atoms with Gasteiger partial charge in [-0.15, -0.1) is 0 Å². The Morgan fingerprint density at radius 1 is 1.44 bits per heavy atom. The molecule has 2 nitrogen and oxygen atoms in total. The minimum absolute atomic E-state index is 0.231. The van der Waals surface area contributed by atoms with Gasteiger partial charge in [0.25, 0.3) is 0 Å². The number of nitrogens with two attached hydrogens (primary N) is 1. The Morgan fingerprint density at radius 2 is 2.31 bits per heavy atom. The van der Waals surface area contributed by atoms with E-state index in [1.165, 1.54) is 17.5 Å². The Kier molecular flexibility index (Phi) is 2.21. The standard InChI is InChI=1S/C14H19NO/c1-14(7-5-11(15)9-14)12-4-2-3-10-6-8-16-13(10)12/h2-4,11H,5-9,15H2,1H3. The van der Waals surface area contributed by atoms with E-state index >= 15 is 0 Å². The predicted octanol–water partition coefficient (Wildman–Crippen LogP) is 2.39. The van der Waals surface area contributed by atoms with E-state index in [0.717, 1.165) is 31.6 Å². The normalized spacial score (nSPS) is 32.5. The zero-order valence-electron chi connectivity index (χ0n) is 9.83. The maximum Gasteiger partial charge on any atom is 0.126 e. The first-order valence-corrected chi connectivity index (χ1v) is 6.20. The van der Waals surface area contributed by atoms with Gasteiger partial charge in [-0.05, 0) is 30.2 Å². The first-order chi connectivity index (χ1) is 7.69. The van der Waals surface area contributed by atoms with Crippen molar-refractivity contribution in [1.82, 2.24) is 0 Å². The predicted molar refractivity (Wildman–Crippen MR) is 64.8 cm³/mol. The molecule has 0 amide bonds. The van der Waals surface area contributed by atoms with Gasteiger partial charge in [-0.3, -0.25) is 0 Å². The van der Waals surface area contributed by atoms with Crippen LogP contribution < -0.4 is 10.5 Å². The Morgan fingerprint density at radius 3 is 3.06 bits per heavy atom. The summed E-state index contributed by atoms with van der Waals surface area (Å²) in [4.78, 5) is 0. The highest BCUT2D eigenvalue weighted by Gasteiger charge is 2.38. The second-order valence-corrected chi connectivity index (χ2v) is 5.46. The van der Waals surface area contributed by atoms with E-state index < -0.39 is 0 Å². The molecule has 86 valence electrons. The van der Waals surface area contributed by atoms with Crippen LogP contribution in [0.4, 0.5) is 0 Å². The minimum Gasteiger partial charge on any atom is -0.493 e. The van der Waals surface area contributed by atoms with Crippen LogP contribution in [-0.4, -0.2) is 12.6 Å². The lowest BCUT2D eigenvalue weighted by Crippen LogP contribution is -2.23. The highest BCUT2D eigenvalue weighted by molar-refractivity contribution is 5.48. The number of rotatable bonds is 1. The van der Waals surface area contributed by atoms with E-state index in [1.54, 1.807) is 0 Å². The Balaban J connectivity index is 2.04. The van der Waals surface area contributed by atoms with Gasteiger partial charge in [0.2, 0.25) is 0 Å². The summed E-state index contributed by atoms with van der Waals surface area (Å²) in [5.41, 5.74) is 9.04. The van der Waals surface area contributed by atoms with Crippen LogP contribution in [0.1, 0.15) is 37.3 Å². The second kappa shape index (κ2) is 3.49. The molecule has 2 unspecified atom stereocenters. The molecule has 2 N–H and O–H groups in total. The summed E-state index contributed by atoms with van der Waals surface area (Å²) >= 11 is 0. The lowest BCUT2D eigenvalue weighted by Gasteiger charge is -2.26. The molecule has 1 aromatic rings. The summed E-state index contributed by atoms with van der Waals surface area (Å²) < 4.78 is 5.80. The molecular formula is C14H19NO. The van der Waals surface area contributed by atoms with Gasteiger partial charge in [-0.1, -0.05) is 25.1 Å². The van der Waals surface area contributed by atoms with Gasteiger partial charge in [0.05, 0.1) is 6.61 Å². The van der Waals surface area contributed by atoms with Gasteiger partial charge in [-0.2, -0.15) is 0 Å². The number of para-hydroxylation sites is 1. The van der Waals surface area contributed by atoms with E-state index in [4.69, 9.17) is 10.5 Å². The summed E-state index contributed by atoms with van der Waals surface area (Å²) in [6.45, 7) is 3.17. The zero-order valence-corrected chi connectivity index (χ0v) is 9.83. The van der Waals surface area contributed by atoms with E-state index in [1.807, 2.05) is 0 Å². The molecule has 1 aliphatic carbocycles. The minimum atomic E-state index is 0.231. The van der Waals surface area contributed by atoms with Crippen molar-refractivity contribution < 1.29 is 4.74 Å². The first kappa shape index (κ1) is 10.2. The quantitative estimate of drug-likeness (QED) is 0.784. The lowest BCUT2D eigenvalue weighted by atomic mass is 9.79. The molecular weight excluding hydrogens is 198 g/mol. The summed E-state index contributed by atoms with van der Waals surface area (Å²) in [5, 5.41) is 0. The van der Waals surface area contributed by atoms with Crippen LogP contribution in [-0.2, 0) is 11.8 Å². The molecule has 2 aliphatic rings. The fourth-order valence-electron chi connectivity index (χ4n) is 3.22. The topological polar surface area (TPSA) is 35.2 Å². The van der Waals surface area contributed by atoms with Gasteiger partial charge >= 0.3 is 0 Å².